The average molecular weight is 227 g/mol. The normalized spacial score (nSPS) is 21.9. The zero-order valence-electron chi connectivity index (χ0n) is 11.3. The molecule has 1 aliphatic rings. The Hall–Kier alpha value is -0.0800. The lowest BCUT2D eigenvalue weighted by Crippen LogP contribution is -2.42. The molecule has 0 aromatic carbocycles. The van der Waals surface area contributed by atoms with Crippen LogP contribution in [-0.2, 0) is 4.74 Å². The van der Waals surface area contributed by atoms with Crippen molar-refractivity contribution in [3.63, 3.8) is 0 Å². The molecule has 0 radical (unpaired) electrons. The number of nitrogens with one attached hydrogen (secondary N) is 1. The van der Waals surface area contributed by atoms with Crippen molar-refractivity contribution in [3.05, 3.63) is 0 Å². The van der Waals surface area contributed by atoms with Crippen LogP contribution in [0.25, 0.3) is 0 Å². The molecule has 1 rings (SSSR count). The molecule has 1 saturated carbocycles. The molecular formula is C14H29NO. The van der Waals surface area contributed by atoms with Crippen LogP contribution in [0.4, 0.5) is 0 Å². The van der Waals surface area contributed by atoms with Crippen LogP contribution >= 0.6 is 0 Å². The largest absolute Gasteiger partial charge is 0.385 e. The van der Waals surface area contributed by atoms with E-state index in [-0.39, 0.29) is 0 Å². The van der Waals surface area contributed by atoms with Crippen molar-refractivity contribution >= 4 is 0 Å². The smallest absolute Gasteiger partial charge is 0.0476 e. The summed E-state index contributed by atoms with van der Waals surface area (Å²) in [4.78, 5) is 0. The molecule has 1 N–H and O–H groups in total. The van der Waals surface area contributed by atoms with Gasteiger partial charge in [0, 0.05) is 25.8 Å². The van der Waals surface area contributed by atoms with Crippen molar-refractivity contribution in [1.82, 2.24) is 5.32 Å². The molecule has 2 atom stereocenters. The van der Waals surface area contributed by atoms with Gasteiger partial charge in [-0.3, -0.25) is 0 Å². The van der Waals surface area contributed by atoms with Crippen molar-refractivity contribution in [1.29, 1.82) is 0 Å². The van der Waals surface area contributed by atoms with Crippen molar-refractivity contribution in [2.75, 3.05) is 13.7 Å². The lowest BCUT2D eigenvalue weighted by molar-refractivity contribution is 0.174. The van der Waals surface area contributed by atoms with E-state index in [1.165, 1.54) is 38.5 Å². The molecular weight excluding hydrogens is 198 g/mol. The zero-order chi connectivity index (χ0) is 11.8. The van der Waals surface area contributed by atoms with Gasteiger partial charge in [0.2, 0.25) is 0 Å². The maximum atomic E-state index is 5.13. The van der Waals surface area contributed by atoms with Crippen LogP contribution in [0.1, 0.15) is 58.8 Å². The van der Waals surface area contributed by atoms with Gasteiger partial charge in [-0.05, 0) is 38.5 Å². The van der Waals surface area contributed by atoms with E-state index >= 15 is 0 Å². The molecule has 0 aliphatic heterocycles. The van der Waals surface area contributed by atoms with Gasteiger partial charge < -0.3 is 10.1 Å². The molecule has 0 saturated heterocycles. The number of ether oxygens (including phenoxy) is 1. The predicted molar refractivity (Wildman–Crippen MR) is 69.7 cm³/mol. The molecule has 2 nitrogen and oxygen atoms in total. The maximum Gasteiger partial charge on any atom is 0.0476 e. The molecule has 16 heavy (non-hydrogen) atoms. The second-order valence-corrected chi connectivity index (χ2v) is 5.26. The summed E-state index contributed by atoms with van der Waals surface area (Å²) in [6.45, 7) is 5.47. The summed E-state index contributed by atoms with van der Waals surface area (Å²) in [5, 5.41) is 3.79. The molecule has 0 spiro atoms. The number of rotatable bonds is 7. The van der Waals surface area contributed by atoms with Crippen LogP contribution < -0.4 is 5.32 Å². The quantitative estimate of drug-likeness (QED) is 0.720. The van der Waals surface area contributed by atoms with Gasteiger partial charge in [0.1, 0.15) is 0 Å². The minimum absolute atomic E-state index is 0.590. The Morgan fingerprint density at radius 2 is 1.94 bits per heavy atom. The Labute approximate surface area is 101 Å². The highest BCUT2D eigenvalue weighted by atomic mass is 16.5. The van der Waals surface area contributed by atoms with E-state index in [2.05, 4.69) is 19.2 Å². The molecule has 1 fully saturated rings. The van der Waals surface area contributed by atoms with Crippen LogP contribution in [-0.4, -0.2) is 25.8 Å². The van der Waals surface area contributed by atoms with Crippen LogP contribution in [0.2, 0.25) is 0 Å². The molecule has 0 bridgehead atoms. The van der Waals surface area contributed by atoms with E-state index < -0.39 is 0 Å². The first-order valence-corrected chi connectivity index (χ1v) is 7.03. The Bertz CT molecular complexity index is 166. The first-order chi connectivity index (χ1) is 7.77. The van der Waals surface area contributed by atoms with Crippen LogP contribution in [0.15, 0.2) is 0 Å². The van der Waals surface area contributed by atoms with E-state index in [1.807, 2.05) is 0 Å². The van der Waals surface area contributed by atoms with Gasteiger partial charge >= 0.3 is 0 Å². The van der Waals surface area contributed by atoms with Gasteiger partial charge in [0.15, 0.2) is 0 Å². The third-order valence-corrected chi connectivity index (χ3v) is 3.91. The summed E-state index contributed by atoms with van der Waals surface area (Å²) in [6, 6.07) is 1.32. The molecule has 0 amide bonds. The maximum absolute atomic E-state index is 5.13. The number of hydrogen-bond acceptors (Lipinski definition) is 2. The second kappa shape index (κ2) is 8.08. The lowest BCUT2D eigenvalue weighted by atomic mass is 9.82. The summed E-state index contributed by atoms with van der Waals surface area (Å²) in [5.74, 6) is 0.920. The summed E-state index contributed by atoms with van der Waals surface area (Å²) in [7, 11) is 1.78. The molecule has 2 unspecified atom stereocenters. The van der Waals surface area contributed by atoms with Crippen LogP contribution in [0, 0.1) is 5.92 Å². The molecule has 96 valence electrons. The van der Waals surface area contributed by atoms with Crippen molar-refractivity contribution in [2.24, 2.45) is 5.92 Å². The highest BCUT2D eigenvalue weighted by Crippen LogP contribution is 2.28. The third-order valence-electron chi connectivity index (χ3n) is 3.91. The van der Waals surface area contributed by atoms with Crippen LogP contribution in [0.5, 0.6) is 0 Å². The zero-order valence-corrected chi connectivity index (χ0v) is 11.3. The second-order valence-electron chi connectivity index (χ2n) is 5.26. The van der Waals surface area contributed by atoms with Gasteiger partial charge in [-0.2, -0.15) is 0 Å². The van der Waals surface area contributed by atoms with Gasteiger partial charge in [-0.15, -0.1) is 0 Å². The third kappa shape index (κ3) is 4.84. The van der Waals surface area contributed by atoms with Gasteiger partial charge in [0.05, 0.1) is 0 Å². The summed E-state index contributed by atoms with van der Waals surface area (Å²) in [5.41, 5.74) is 0. The SMILES string of the molecule is CCC(NC(C)CCOC)C1CCCCC1. The van der Waals surface area contributed by atoms with Gasteiger partial charge in [-0.1, -0.05) is 26.2 Å². The van der Waals surface area contributed by atoms with Crippen molar-refractivity contribution < 1.29 is 4.74 Å². The van der Waals surface area contributed by atoms with E-state index in [9.17, 15) is 0 Å². The van der Waals surface area contributed by atoms with Gasteiger partial charge in [0.25, 0.3) is 0 Å². The van der Waals surface area contributed by atoms with E-state index in [0.717, 1.165) is 25.0 Å². The molecule has 1 aliphatic carbocycles. The average Bonchev–Trinajstić information content (AvgIpc) is 2.34. The minimum atomic E-state index is 0.590. The Morgan fingerprint density at radius 1 is 1.25 bits per heavy atom. The Balaban J connectivity index is 2.29. The van der Waals surface area contributed by atoms with E-state index in [4.69, 9.17) is 4.74 Å². The number of hydrogen-bond donors (Lipinski definition) is 1. The molecule has 0 heterocycles. The summed E-state index contributed by atoms with van der Waals surface area (Å²) < 4.78 is 5.13. The van der Waals surface area contributed by atoms with Crippen molar-refractivity contribution in [3.8, 4) is 0 Å². The predicted octanol–water partition coefficient (Wildman–Crippen LogP) is 3.36. The first kappa shape index (κ1) is 14.0. The molecule has 2 heteroatoms. The highest BCUT2D eigenvalue weighted by molar-refractivity contribution is 4.80. The Kier molecular flexibility index (Phi) is 7.06. The summed E-state index contributed by atoms with van der Waals surface area (Å²) >= 11 is 0. The first-order valence-electron chi connectivity index (χ1n) is 7.03. The monoisotopic (exact) mass is 227 g/mol. The van der Waals surface area contributed by atoms with E-state index in [0.29, 0.717) is 6.04 Å². The fourth-order valence-electron chi connectivity index (χ4n) is 2.87. The number of methoxy groups -OCH3 is 1. The minimum Gasteiger partial charge on any atom is -0.385 e. The highest BCUT2D eigenvalue weighted by Gasteiger charge is 2.22. The van der Waals surface area contributed by atoms with E-state index in [1.54, 1.807) is 7.11 Å². The standard InChI is InChI=1S/C14H29NO/c1-4-14(13-8-6-5-7-9-13)15-12(2)10-11-16-3/h12-15H,4-11H2,1-3H3. The fourth-order valence-corrected chi connectivity index (χ4v) is 2.87. The van der Waals surface area contributed by atoms with Crippen molar-refractivity contribution in [2.45, 2.75) is 70.9 Å². The summed E-state index contributed by atoms with van der Waals surface area (Å²) in [6.07, 6.45) is 9.59. The van der Waals surface area contributed by atoms with Crippen LogP contribution in [0.3, 0.4) is 0 Å². The topological polar surface area (TPSA) is 21.3 Å². The van der Waals surface area contributed by atoms with Gasteiger partial charge in [-0.25, -0.2) is 0 Å². The molecule has 0 aromatic heterocycles. The molecule has 0 aromatic rings. The Morgan fingerprint density at radius 3 is 2.50 bits per heavy atom. The fraction of sp³-hybridized carbons (Fsp3) is 1.00. The lowest BCUT2D eigenvalue weighted by Gasteiger charge is -2.32.